The van der Waals surface area contributed by atoms with Crippen molar-refractivity contribution in [2.75, 3.05) is 13.1 Å². The molecule has 1 saturated heterocycles. The van der Waals surface area contributed by atoms with Gasteiger partial charge in [-0.05, 0) is 12.3 Å². The van der Waals surface area contributed by atoms with E-state index in [2.05, 4.69) is 15.2 Å². The summed E-state index contributed by atoms with van der Waals surface area (Å²) in [6.45, 7) is 1.79. The second-order valence-electron chi connectivity index (χ2n) is 5.48. The van der Waals surface area contributed by atoms with Gasteiger partial charge in [0.05, 0.1) is 6.54 Å². The van der Waals surface area contributed by atoms with Crippen LogP contribution in [0.2, 0.25) is 0 Å². The summed E-state index contributed by atoms with van der Waals surface area (Å²) >= 11 is 0. The molecule has 0 spiro atoms. The van der Waals surface area contributed by atoms with Gasteiger partial charge in [0, 0.05) is 24.2 Å². The first-order valence-corrected chi connectivity index (χ1v) is 6.83. The molecule has 4 nitrogen and oxygen atoms in total. The van der Waals surface area contributed by atoms with Gasteiger partial charge in [-0.3, -0.25) is 16.0 Å². The van der Waals surface area contributed by atoms with Crippen LogP contribution in [0, 0.1) is 5.92 Å². The third-order valence-electron chi connectivity index (χ3n) is 4.20. The highest BCUT2D eigenvalue weighted by molar-refractivity contribution is 5.88. The van der Waals surface area contributed by atoms with Crippen LogP contribution in [-0.2, 0) is 0 Å². The van der Waals surface area contributed by atoms with Gasteiger partial charge in [0.15, 0.2) is 0 Å². The second kappa shape index (κ2) is 4.78. The highest BCUT2D eigenvalue weighted by atomic mass is 15.4. The normalized spacial score (nSPS) is 29.9. The van der Waals surface area contributed by atoms with Gasteiger partial charge in [-0.2, -0.15) is 0 Å². The molecule has 0 bridgehead atoms. The van der Waals surface area contributed by atoms with Crippen LogP contribution < -0.4 is 11.1 Å². The minimum Gasteiger partial charge on any atom is -0.339 e. The largest absolute Gasteiger partial charge is 0.339 e. The Hall–Kier alpha value is -0.870. The van der Waals surface area contributed by atoms with E-state index in [0.29, 0.717) is 0 Å². The maximum Gasteiger partial charge on any atom is 0.132 e. The lowest BCUT2D eigenvalue weighted by Gasteiger charge is -2.29. The van der Waals surface area contributed by atoms with Crippen molar-refractivity contribution in [1.29, 1.82) is 0 Å². The highest BCUT2D eigenvalue weighted by Crippen LogP contribution is 2.28. The van der Waals surface area contributed by atoms with E-state index in [1.165, 1.54) is 49.9 Å². The maximum atomic E-state index is 6.00. The maximum absolute atomic E-state index is 6.00. The van der Waals surface area contributed by atoms with E-state index in [9.17, 15) is 0 Å². The summed E-state index contributed by atoms with van der Waals surface area (Å²) in [7, 11) is 0. The average Bonchev–Trinajstić information content (AvgIpc) is 2.73. The molecule has 2 aliphatic heterocycles. The summed E-state index contributed by atoms with van der Waals surface area (Å²) in [6, 6.07) is 0. The zero-order valence-electron chi connectivity index (χ0n) is 10.4. The van der Waals surface area contributed by atoms with Crippen molar-refractivity contribution in [3.8, 4) is 0 Å². The predicted octanol–water partition coefficient (Wildman–Crippen LogP) is 1.40. The molecular formula is C13H22N4. The van der Waals surface area contributed by atoms with Crippen LogP contribution in [0.1, 0.15) is 38.5 Å². The van der Waals surface area contributed by atoms with Gasteiger partial charge in [0.25, 0.3) is 0 Å². The molecule has 3 N–H and O–H groups in total. The topological polar surface area (TPSA) is 53.6 Å². The predicted molar refractivity (Wildman–Crippen MR) is 69.4 cm³/mol. The summed E-state index contributed by atoms with van der Waals surface area (Å²) < 4.78 is 0. The van der Waals surface area contributed by atoms with Crippen molar-refractivity contribution in [2.45, 2.75) is 44.8 Å². The Bertz CT molecular complexity index is 341. The van der Waals surface area contributed by atoms with Gasteiger partial charge in [0.2, 0.25) is 0 Å². The smallest absolute Gasteiger partial charge is 0.132 e. The van der Waals surface area contributed by atoms with E-state index in [0.717, 1.165) is 19.0 Å². The first-order valence-electron chi connectivity index (χ1n) is 6.83. The van der Waals surface area contributed by atoms with E-state index in [1.807, 2.05) is 6.20 Å². The van der Waals surface area contributed by atoms with Crippen molar-refractivity contribution < 1.29 is 0 Å². The lowest BCUT2D eigenvalue weighted by molar-refractivity contribution is 0.306. The van der Waals surface area contributed by atoms with E-state index in [-0.39, 0.29) is 6.29 Å². The van der Waals surface area contributed by atoms with Crippen LogP contribution in [0.5, 0.6) is 0 Å². The molecule has 0 aromatic carbocycles. The number of nitrogens with two attached hydrogens (primary N) is 1. The lowest BCUT2D eigenvalue weighted by Crippen LogP contribution is -2.45. The molecule has 0 radical (unpaired) electrons. The molecule has 3 rings (SSSR count). The number of rotatable bonds is 2. The molecule has 3 aliphatic rings. The monoisotopic (exact) mass is 234 g/mol. The molecule has 2 heterocycles. The fourth-order valence-corrected chi connectivity index (χ4v) is 3.16. The third kappa shape index (κ3) is 2.38. The minimum atomic E-state index is -0.0156. The molecule has 1 aliphatic carbocycles. The van der Waals surface area contributed by atoms with Crippen LogP contribution >= 0.6 is 0 Å². The Morgan fingerprint density at radius 2 is 2.18 bits per heavy atom. The lowest BCUT2D eigenvalue weighted by atomic mass is 9.85. The molecule has 17 heavy (non-hydrogen) atoms. The Morgan fingerprint density at radius 3 is 3.00 bits per heavy atom. The fourth-order valence-electron chi connectivity index (χ4n) is 3.16. The van der Waals surface area contributed by atoms with Crippen molar-refractivity contribution in [2.24, 2.45) is 16.6 Å². The van der Waals surface area contributed by atoms with Crippen LogP contribution in [0.4, 0.5) is 0 Å². The molecule has 0 aromatic heterocycles. The SMILES string of the molecule is NC1NCC2=CN=C(CC3CCCCC3)CN21. The number of nitrogens with zero attached hydrogens (tertiary/aromatic N) is 2. The van der Waals surface area contributed by atoms with E-state index < -0.39 is 0 Å². The van der Waals surface area contributed by atoms with Crippen molar-refractivity contribution in [3.63, 3.8) is 0 Å². The molecule has 2 fully saturated rings. The standard InChI is InChI=1S/C13H22N4/c14-13-16-8-12-7-15-11(9-17(12)13)6-10-4-2-1-3-5-10/h7,10,13,16H,1-6,8-9,14H2. The van der Waals surface area contributed by atoms with Gasteiger partial charge in [0.1, 0.15) is 6.29 Å². The van der Waals surface area contributed by atoms with Crippen LogP contribution in [-0.4, -0.2) is 30.0 Å². The molecule has 4 heteroatoms. The molecule has 1 atom stereocenters. The van der Waals surface area contributed by atoms with Crippen LogP contribution in [0.25, 0.3) is 0 Å². The first-order chi connectivity index (χ1) is 8.33. The summed E-state index contributed by atoms with van der Waals surface area (Å²) in [5.41, 5.74) is 8.56. The Labute approximate surface area is 103 Å². The van der Waals surface area contributed by atoms with E-state index in [1.54, 1.807) is 0 Å². The quantitative estimate of drug-likeness (QED) is 0.759. The molecular weight excluding hydrogens is 212 g/mol. The second-order valence-corrected chi connectivity index (χ2v) is 5.48. The number of fused-ring (bicyclic) bond motifs is 1. The van der Waals surface area contributed by atoms with Gasteiger partial charge < -0.3 is 4.90 Å². The van der Waals surface area contributed by atoms with Gasteiger partial charge >= 0.3 is 0 Å². The molecule has 0 amide bonds. The summed E-state index contributed by atoms with van der Waals surface area (Å²) in [4.78, 5) is 6.86. The highest BCUT2D eigenvalue weighted by Gasteiger charge is 2.28. The average molecular weight is 234 g/mol. The van der Waals surface area contributed by atoms with Crippen molar-refractivity contribution in [1.82, 2.24) is 10.2 Å². The first kappa shape index (κ1) is 11.2. The van der Waals surface area contributed by atoms with Gasteiger partial charge in [-0.1, -0.05) is 32.1 Å². The third-order valence-corrected chi connectivity index (χ3v) is 4.20. The van der Waals surface area contributed by atoms with Crippen LogP contribution in [0.3, 0.4) is 0 Å². The Balaban J connectivity index is 1.61. The van der Waals surface area contributed by atoms with Gasteiger partial charge in [-0.15, -0.1) is 0 Å². The number of aliphatic imine (C=N–C) groups is 1. The van der Waals surface area contributed by atoms with Crippen molar-refractivity contribution in [3.05, 3.63) is 11.9 Å². The molecule has 1 saturated carbocycles. The van der Waals surface area contributed by atoms with Crippen LogP contribution in [0.15, 0.2) is 16.9 Å². The van der Waals surface area contributed by atoms with E-state index in [4.69, 9.17) is 5.73 Å². The molecule has 0 aromatic rings. The molecule has 94 valence electrons. The Morgan fingerprint density at radius 1 is 1.35 bits per heavy atom. The van der Waals surface area contributed by atoms with Crippen molar-refractivity contribution >= 4 is 5.71 Å². The number of hydrogen-bond donors (Lipinski definition) is 2. The fraction of sp³-hybridized carbons (Fsp3) is 0.769. The summed E-state index contributed by atoms with van der Waals surface area (Å²) in [6.07, 6.45) is 10.2. The number of nitrogens with one attached hydrogen (secondary N) is 1. The molecule has 1 unspecified atom stereocenters. The summed E-state index contributed by atoms with van der Waals surface area (Å²) in [5, 5.41) is 3.25. The number of hydrogen-bond acceptors (Lipinski definition) is 4. The minimum absolute atomic E-state index is 0.0156. The summed E-state index contributed by atoms with van der Waals surface area (Å²) in [5.74, 6) is 0.865. The zero-order chi connectivity index (χ0) is 11.7. The van der Waals surface area contributed by atoms with Gasteiger partial charge in [-0.25, -0.2) is 0 Å². The zero-order valence-corrected chi connectivity index (χ0v) is 10.4. The Kier molecular flexibility index (Phi) is 3.16. The van der Waals surface area contributed by atoms with E-state index >= 15 is 0 Å².